The molecule has 1 atom stereocenters. The average Bonchev–Trinajstić information content (AvgIpc) is 2.88. The molecule has 1 unspecified atom stereocenters. The summed E-state index contributed by atoms with van der Waals surface area (Å²) in [6.07, 6.45) is -0.713. The highest BCUT2D eigenvalue weighted by Crippen LogP contribution is 2.26. The molecule has 0 fully saturated rings. The molecule has 1 N–H and O–H groups in total. The summed E-state index contributed by atoms with van der Waals surface area (Å²) in [6, 6.07) is 26.2. The molecule has 0 aliphatic rings. The Balaban J connectivity index is 0.000000201. The molecule has 186 valence electrons. The molecule has 0 spiro atoms. The Morgan fingerprint density at radius 2 is 1.25 bits per heavy atom. The number of carbonyl (C=O) groups excluding carboxylic acids is 1. The summed E-state index contributed by atoms with van der Waals surface area (Å²) in [5, 5.41) is 10.3. The molecule has 2 aromatic heterocycles. The van der Waals surface area contributed by atoms with Crippen LogP contribution in [0.1, 0.15) is 47.3 Å². The molecule has 0 saturated carbocycles. The molecule has 0 amide bonds. The largest absolute Gasteiger partial charge is 0.487 e. The number of ether oxygens (including phenoxy) is 2. The highest BCUT2D eigenvalue weighted by atomic mass is 35.5. The van der Waals surface area contributed by atoms with Crippen molar-refractivity contribution in [3.8, 4) is 11.5 Å². The molecule has 0 radical (unpaired) electrons. The SMILES string of the molecule is CC(=O)c1nc(Cl)ccc1OCc1ccccc1.CC(O)c1nc(Cl)ccc1OCc1ccccc1. The van der Waals surface area contributed by atoms with E-state index >= 15 is 0 Å². The Kier molecular flexibility index (Phi) is 10.2. The van der Waals surface area contributed by atoms with E-state index in [2.05, 4.69) is 9.97 Å². The van der Waals surface area contributed by atoms with Crippen LogP contribution in [0.5, 0.6) is 11.5 Å². The van der Waals surface area contributed by atoms with E-state index in [4.69, 9.17) is 32.7 Å². The van der Waals surface area contributed by atoms with Crippen molar-refractivity contribution in [1.82, 2.24) is 9.97 Å². The number of benzene rings is 2. The molecule has 2 heterocycles. The fourth-order valence-corrected chi connectivity index (χ4v) is 3.42. The molecule has 0 saturated heterocycles. The number of aromatic nitrogens is 2. The molecule has 0 bridgehead atoms. The summed E-state index contributed by atoms with van der Waals surface area (Å²) in [5.41, 5.74) is 2.81. The van der Waals surface area contributed by atoms with Crippen molar-refractivity contribution in [3.63, 3.8) is 0 Å². The topological polar surface area (TPSA) is 81.5 Å². The first-order chi connectivity index (χ1) is 17.3. The lowest BCUT2D eigenvalue weighted by Gasteiger charge is -2.12. The minimum absolute atomic E-state index is 0.166. The van der Waals surface area contributed by atoms with Crippen molar-refractivity contribution in [3.05, 3.63) is 118 Å². The van der Waals surface area contributed by atoms with Gasteiger partial charge in [-0.2, -0.15) is 0 Å². The summed E-state index contributed by atoms with van der Waals surface area (Å²) in [7, 11) is 0. The van der Waals surface area contributed by atoms with Crippen LogP contribution in [0.2, 0.25) is 10.3 Å². The van der Waals surface area contributed by atoms with Crippen LogP contribution >= 0.6 is 23.2 Å². The van der Waals surface area contributed by atoms with Crippen LogP contribution in [0.4, 0.5) is 0 Å². The van der Waals surface area contributed by atoms with Crippen molar-refractivity contribution in [2.45, 2.75) is 33.2 Å². The van der Waals surface area contributed by atoms with Crippen molar-refractivity contribution in [2.24, 2.45) is 0 Å². The second-order valence-corrected chi connectivity index (χ2v) is 8.55. The summed E-state index contributed by atoms with van der Waals surface area (Å²) in [5.74, 6) is 0.842. The Morgan fingerprint density at radius 3 is 1.75 bits per heavy atom. The summed E-state index contributed by atoms with van der Waals surface area (Å²) >= 11 is 11.6. The van der Waals surface area contributed by atoms with Crippen molar-refractivity contribution >= 4 is 29.0 Å². The van der Waals surface area contributed by atoms with E-state index in [-0.39, 0.29) is 16.6 Å². The number of hydrogen-bond acceptors (Lipinski definition) is 6. The lowest BCUT2D eigenvalue weighted by atomic mass is 10.2. The first kappa shape index (κ1) is 27.1. The van der Waals surface area contributed by atoms with Gasteiger partial charge in [0.05, 0.1) is 6.10 Å². The van der Waals surface area contributed by atoms with Gasteiger partial charge in [0.1, 0.15) is 46.4 Å². The molecule has 8 heteroatoms. The standard InChI is InChI=1S/C14H14ClNO2.C14H12ClNO2/c2*1-10(17)14-12(7-8-13(15)16-14)18-9-11-5-3-2-4-6-11/h2-8,10,17H,9H2,1H3;2-8H,9H2,1H3. The minimum atomic E-state index is -0.713. The van der Waals surface area contributed by atoms with Gasteiger partial charge in [0, 0.05) is 6.92 Å². The Hall–Kier alpha value is -3.45. The second kappa shape index (κ2) is 13.6. The fourth-order valence-electron chi connectivity index (χ4n) is 3.12. The molecule has 2 aromatic carbocycles. The smallest absolute Gasteiger partial charge is 0.181 e. The van der Waals surface area contributed by atoms with Crippen LogP contribution in [-0.4, -0.2) is 20.9 Å². The monoisotopic (exact) mass is 524 g/mol. The first-order valence-corrected chi connectivity index (χ1v) is 11.9. The van der Waals surface area contributed by atoms with E-state index in [0.29, 0.717) is 35.6 Å². The van der Waals surface area contributed by atoms with Gasteiger partial charge in [-0.15, -0.1) is 0 Å². The third kappa shape index (κ3) is 8.34. The van der Waals surface area contributed by atoms with Crippen LogP contribution in [0.25, 0.3) is 0 Å². The third-order valence-corrected chi connectivity index (χ3v) is 5.30. The van der Waals surface area contributed by atoms with E-state index in [0.717, 1.165) is 11.1 Å². The van der Waals surface area contributed by atoms with Crippen molar-refractivity contribution < 1.29 is 19.4 Å². The lowest BCUT2D eigenvalue weighted by molar-refractivity contribution is 0.100. The summed E-state index contributed by atoms with van der Waals surface area (Å²) < 4.78 is 11.3. The number of rotatable bonds is 8. The maximum absolute atomic E-state index is 11.4. The second-order valence-electron chi connectivity index (χ2n) is 7.78. The number of carbonyl (C=O) groups is 1. The Labute approximate surface area is 220 Å². The van der Waals surface area contributed by atoms with Gasteiger partial charge in [0.15, 0.2) is 5.78 Å². The molecular formula is C28H26Cl2N2O4. The average molecular weight is 525 g/mol. The van der Waals surface area contributed by atoms with E-state index in [1.807, 2.05) is 60.7 Å². The van der Waals surface area contributed by atoms with Crippen molar-refractivity contribution in [1.29, 1.82) is 0 Å². The number of halogens is 2. The number of ketones is 1. The maximum Gasteiger partial charge on any atom is 0.181 e. The zero-order valence-corrected chi connectivity index (χ0v) is 21.4. The van der Waals surface area contributed by atoms with Crippen LogP contribution in [-0.2, 0) is 13.2 Å². The number of aliphatic hydroxyl groups is 1. The first-order valence-electron chi connectivity index (χ1n) is 11.2. The quantitative estimate of drug-likeness (QED) is 0.199. The van der Waals surface area contributed by atoms with Crippen molar-refractivity contribution in [2.75, 3.05) is 0 Å². The fraction of sp³-hybridized carbons (Fsp3) is 0.179. The van der Waals surface area contributed by atoms with Gasteiger partial charge >= 0.3 is 0 Å². The lowest BCUT2D eigenvalue weighted by Crippen LogP contribution is -2.04. The van der Waals surface area contributed by atoms with Gasteiger partial charge in [0.25, 0.3) is 0 Å². The summed E-state index contributed by atoms with van der Waals surface area (Å²) in [6.45, 7) is 3.90. The molecule has 0 aliphatic heterocycles. The number of pyridine rings is 2. The molecule has 4 aromatic rings. The van der Waals surface area contributed by atoms with Crippen LogP contribution in [0.3, 0.4) is 0 Å². The highest BCUT2D eigenvalue weighted by Gasteiger charge is 2.12. The van der Waals surface area contributed by atoms with Gasteiger partial charge in [0.2, 0.25) is 0 Å². The number of nitrogens with zero attached hydrogens (tertiary/aromatic N) is 2. The molecule has 6 nitrogen and oxygen atoms in total. The van der Waals surface area contributed by atoms with Crippen LogP contribution < -0.4 is 9.47 Å². The minimum Gasteiger partial charge on any atom is -0.487 e. The predicted molar refractivity (Wildman–Crippen MR) is 141 cm³/mol. The van der Waals surface area contributed by atoms with E-state index < -0.39 is 6.10 Å². The molecule has 4 rings (SSSR count). The number of Topliss-reactive ketones (excluding diaryl/α,β-unsaturated/α-hetero) is 1. The van der Waals surface area contributed by atoms with Gasteiger partial charge in [-0.1, -0.05) is 83.9 Å². The number of aliphatic hydroxyl groups excluding tert-OH is 1. The Morgan fingerprint density at radius 1 is 0.778 bits per heavy atom. The third-order valence-electron chi connectivity index (χ3n) is 4.88. The van der Waals surface area contributed by atoms with E-state index in [1.54, 1.807) is 31.2 Å². The van der Waals surface area contributed by atoms with Gasteiger partial charge in [-0.05, 0) is 42.3 Å². The molecule has 0 aliphatic carbocycles. The number of hydrogen-bond donors (Lipinski definition) is 1. The van der Waals surface area contributed by atoms with Gasteiger partial charge in [-0.3, -0.25) is 4.79 Å². The van der Waals surface area contributed by atoms with E-state index in [1.165, 1.54) is 6.92 Å². The van der Waals surface area contributed by atoms with Crippen LogP contribution in [0.15, 0.2) is 84.9 Å². The highest BCUT2D eigenvalue weighted by molar-refractivity contribution is 6.29. The summed E-state index contributed by atoms with van der Waals surface area (Å²) in [4.78, 5) is 19.5. The molecule has 36 heavy (non-hydrogen) atoms. The normalized spacial score (nSPS) is 11.1. The van der Waals surface area contributed by atoms with Gasteiger partial charge in [-0.25, -0.2) is 9.97 Å². The Bertz CT molecular complexity index is 1270. The van der Waals surface area contributed by atoms with E-state index in [9.17, 15) is 9.90 Å². The van der Waals surface area contributed by atoms with Crippen LogP contribution in [0, 0.1) is 0 Å². The van der Waals surface area contributed by atoms with Gasteiger partial charge < -0.3 is 14.6 Å². The molecular weight excluding hydrogens is 499 g/mol. The maximum atomic E-state index is 11.4. The predicted octanol–water partition coefficient (Wildman–Crippen LogP) is 6.88. The zero-order chi connectivity index (χ0) is 25.9. The zero-order valence-electron chi connectivity index (χ0n) is 19.9.